The van der Waals surface area contributed by atoms with E-state index in [1.807, 2.05) is 22.6 Å². The molecule has 1 aromatic rings. The molecule has 0 atom stereocenters. The highest BCUT2D eigenvalue weighted by molar-refractivity contribution is 14.1. The zero-order valence-electron chi connectivity index (χ0n) is 9.87. The van der Waals surface area contributed by atoms with E-state index >= 15 is 0 Å². The lowest BCUT2D eigenvalue weighted by atomic mass is 10.2. The molecule has 0 aliphatic rings. The Hall–Kier alpha value is -1.29. The first-order valence-corrected chi connectivity index (χ1v) is 6.09. The van der Waals surface area contributed by atoms with Crippen molar-refractivity contribution in [3.8, 4) is 6.07 Å². The topological polar surface area (TPSA) is 62.1 Å². The molecule has 0 aromatic heterocycles. The Balaban J connectivity index is 2.74. The van der Waals surface area contributed by atoms with Crippen LogP contribution in [0.25, 0.3) is 0 Å². The van der Waals surface area contributed by atoms with Gasteiger partial charge in [0.2, 0.25) is 0 Å². The molecule has 0 fully saturated rings. The lowest BCUT2D eigenvalue weighted by Gasteiger charge is -2.19. The minimum Gasteiger partial charge on any atom is -0.444 e. The number of nitriles is 1. The molecule has 4 nitrogen and oxygen atoms in total. The average molecular weight is 344 g/mol. The van der Waals surface area contributed by atoms with Crippen molar-refractivity contribution in [1.29, 1.82) is 5.26 Å². The van der Waals surface area contributed by atoms with E-state index in [1.165, 1.54) is 0 Å². The van der Waals surface area contributed by atoms with Gasteiger partial charge in [0.15, 0.2) is 0 Å². The number of benzene rings is 1. The molecule has 0 radical (unpaired) electrons. The summed E-state index contributed by atoms with van der Waals surface area (Å²) in [4.78, 5) is 11.5. The molecule has 0 spiro atoms. The Labute approximate surface area is 114 Å². The summed E-state index contributed by atoms with van der Waals surface area (Å²) < 4.78 is 5.91. The SMILES string of the molecule is CC(C)(C)OC(=O)Nc1ccc(C#N)c(I)c1. The minimum absolute atomic E-state index is 0.502. The summed E-state index contributed by atoms with van der Waals surface area (Å²) in [7, 11) is 0. The number of nitrogens with one attached hydrogen (secondary N) is 1. The quantitative estimate of drug-likeness (QED) is 0.793. The first-order valence-electron chi connectivity index (χ1n) is 5.01. The van der Waals surface area contributed by atoms with Crippen LogP contribution in [0.2, 0.25) is 0 Å². The van der Waals surface area contributed by atoms with Crippen molar-refractivity contribution < 1.29 is 9.53 Å². The van der Waals surface area contributed by atoms with Gasteiger partial charge in [-0.15, -0.1) is 0 Å². The van der Waals surface area contributed by atoms with Gasteiger partial charge in [0.1, 0.15) is 11.7 Å². The maximum Gasteiger partial charge on any atom is 0.412 e. The zero-order valence-corrected chi connectivity index (χ0v) is 12.0. The number of nitrogens with zero attached hydrogens (tertiary/aromatic N) is 1. The lowest BCUT2D eigenvalue weighted by molar-refractivity contribution is 0.0636. The van der Waals surface area contributed by atoms with E-state index < -0.39 is 11.7 Å². The average Bonchev–Trinajstić information content (AvgIpc) is 2.14. The predicted octanol–water partition coefficient (Wildman–Crippen LogP) is 3.51. The summed E-state index contributed by atoms with van der Waals surface area (Å²) in [5.41, 5.74) is 0.673. The molecule has 0 saturated carbocycles. The molecule has 0 bridgehead atoms. The molecule has 0 aliphatic carbocycles. The van der Waals surface area contributed by atoms with Crippen molar-refractivity contribution in [3.63, 3.8) is 0 Å². The summed E-state index contributed by atoms with van der Waals surface area (Å²) in [5.74, 6) is 0. The van der Waals surface area contributed by atoms with Gasteiger partial charge in [-0.05, 0) is 61.6 Å². The van der Waals surface area contributed by atoms with Crippen LogP contribution in [0.5, 0.6) is 0 Å². The lowest BCUT2D eigenvalue weighted by Crippen LogP contribution is -2.27. The van der Waals surface area contributed by atoms with Gasteiger partial charge in [-0.2, -0.15) is 5.26 Å². The van der Waals surface area contributed by atoms with Gasteiger partial charge in [-0.1, -0.05) is 0 Å². The highest BCUT2D eigenvalue weighted by atomic mass is 127. The van der Waals surface area contributed by atoms with Gasteiger partial charge < -0.3 is 4.74 Å². The van der Waals surface area contributed by atoms with Crippen LogP contribution in [0.15, 0.2) is 18.2 Å². The first-order chi connectivity index (χ1) is 7.81. The largest absolute Gasteiger partial charge is 0.444 e. The van der Waals surface area contributed by atoms with Crippen LogP contribution < -0.4 is 5.32 Å². The molecule has 17 heavy (non-hydrogen) atoms. The van der Waals surface area contributed by atoms with Crippen LogP contribution >= 0.6 is 22.6 Å². The summed E-state index contributed by atoms with van der Waals surface area (Å²) in [6, 6.07) is 7.12. The number of carbonyl (C=O) groups excluding carboxylic acids is 1. The molecule has 1 rings (SSSR count). The Morgan fingerprint density at radius 1 is 1.47 bits per heavy atom. The zero-order chi connectivity index (χ0) is 13.1. The van der Waals surface area contributed by atoms with Gasteiger partial charge >= 0.3 is 6.09 Å². The first kappa shape index (κ1) is 13.8. The van der Waals surface area contributed by atoms with Crippen molar-refractivity contribution in [1.82, 2.24) is 0 Å². The van der Waals surface area contributed by atoms with Crippen LogP contribution in [0, 0.1) is 14.9 Å². The monoisotopic (exact) mass is 344 g/mol. The molecule has 1 amide bonds. The van der Waals surface area contributed by atoms with Crippen molar-refractivity contribution >= 4 is 34.4 Å². The third-order valence-corrected chi connectivity index (χ3v) is 2.63. The minimum atomic E-state index is -0.524. The van der Waals surface area contributed by atoms with Gasteiger partial charge in [-0.3, -0.25) is 5.32 Å². The second-order valence-electron chi connectivity index (χ2n) is 4.43. The van der Waals surface area contributed by atoms with Gasteiger partial charge in [-0.25, -0.2) is 4.79 Å². The van der Waals surface area contributed by atoms with E-state index in [-0.39, 0.29) is 0 Å². The van der Waals surface area contributed by atoms with Crippen LogP contribution in [-0.4, -0.2) is 11.7 Å². The van der Waals surface area contributed by atoms with Crippen LogP contribution in [0.1, 0.15) is 26.3 Å². The van der Waals surface area contributed by atoms with E-state index in [0.717, 1.165) is 3.57 Å². The van der Waals surface area contributed by atoms with E-state index in [2.05, 4.69) is 11.4 Å². The molecule has 0 saturated heterocycles. The number of rotatable bonds is 1. The highest BCUT2D eigenvalue weighted by Gasteiger charge is 2.16. The molecule has 0 heterocycles. The Kier molecular flexibility index (Phi) is 4.34. The Morgan fingerprint density at radius 2 is 2.12 bits per heavy atom. The van der Waals surface area contributed by atoms with E-state index in [4.69, 9.17) is 10.00 Å². The number of amides is 1. The molecule has 5 heteroatoms. The molecule has 0 aliphatic heterocycles. The van der Waals surface area contributed by atoms with Gasteiger partial charge in [0.05, 0.1) is 5.56 Å². The van der Waals surface area contributed by atoms with Crippen LogP contribution in [0.4, 0.5) is 10.5 Å². The van der Waals surface area contributed by atoms with Crippen LogP contribution in [-0.2, 0) is 4.74 Å². The maximum absolute atomic E-state index is 11.5. The number of halogens is 1. The normalized spacial score (nSPS) is 10.5. The summed E-state index contributed by atoms with van der Waals surface area (Å²) >= 11 is 2.05. The molecular formula is C12H13IN2O2. The van der Waals surface area contributed by atoms with Gasteiger partial charge in [0, 0.05) is 9.26 Å². The number of hydrogen-bond donors (Lipinski definition) is 1. The smallest absolute Gasteiger partial charge is 0.412 e. The van der Waals surface area contributed by atoms with Crippen molar-refractivity contribution in [2.75, 3.05) is 5.32 Å². The number of hydrogen-bond acceptors (Lipinski definition) is 3. The highest BCUT2D eigenvalue weighted by Crippen LogP contribution is 2.18. The van der Waals surface area contributed by atoms with Crippen molar-refractivity contribution in [2.24, 2.45) is 0 Å². The Bertz CT molecular complexity index is 472. The summed E-state index contributed by atoms with van der Waals surface area (Å²) in [5, 5.41) is 11.4. The summed E-state index contributed by atoms with van der Waals surface area (Å²) in [6.07, 6.45) is -0.502. The molecule has 90 valence electrons. The molecular weight excluding hydrogens is 331 g/mol. The van der Waals surface area contributed by atoms with Gasteiger partial charge in [0.25, 0.3) is 0 Å². The fraction of sp³-hybridized carbons (Fsp3) is 0.333. The van der Waals surface area contributed by atoms with Crippen molar-refractivity contribution in [3.05, 3.63) is 27.3 Å². The fourth-order valence-electron chi connectivity index (χ4n) is 1.10. The third-order valence-electron chi connectivity index (χ3n) is 1.73. The van der Waals surface area contributed by atoms with E-state index in [0.29, 0.717) is 11.3 Å². The van der Waals surface area contributed by atoms with E-state index in [9.17, 15) is 4.79 Å². The molecule has 0 unspecified atom stereocenters. The van der Waals surface area contributed by atoms with Crippen LogP contribution in [0.3, 0.4) is 0 Å². The molecule has 1 aromatic carbocycles. The second-order valence-corrected chi connectivity index (χ2v) is 5.60. The Morgan fingerprint density at radius 3 is 2.59 bits per heavy atom. The molecule has 1 N–H and O–H groups in total. The standard InChI is InChI=1S/C12H13IN2O2/c1-12(2,3)17-11(16)15-9-5-4-8(7-14)10(13)6-9/h4-6H,1-3H3,(H,15,16). The third kappa shape index (κ3) is 4.61. The fourth-order valence-corrected chi connectivity index (χ4v) is 1.74. The predicted molar refractivity (Wildman–Crippen MR) is 73.7 cm³/mol. The van der Waals surface area contributed by atoms with Crippen molar-refractivity contribution in [2.45, 2.75) is 26.4 Å². The summed E-state index contributed by atoms with van der Waals surface area (Å²) in [6.45, 7) is 5.40. The van der Waals surface area contributed by atoms with E-state index in [1.54, 1.807) is 39.0 Å². The second kappa shape index (κ2) is 5.36. The maximum atomic E-state index is 11.5. The number of anilines is 1. The number of ether oxygens (including phenoxy) is 1. The number of carbonyl (C=O) groups is 1.